The molecule has 1 unspecified atom stereocenters. The summed E-state index contributed by atoms with van der Waals surface area (Å²) in [4.78, 5) is 41.8. The molecule has 228 valence electrons. The van der Waals surface area contributed by atoms with E-state index in [9.17, 15) is 22.8 Å². The molecule has 2 amide bonds. The highest BCUT2D eigenvalue weighted by atomic mass is 79.9. The third-order valence-corrected chi connectivity index (χ3v) is 9.32. The van der Waals surface area contributed by atoms with Crippen LogP contribution in [0.1, 0.15) is 60.5 Å². The van der Waals surface area contributed by atoms with Crippen LogP contribution in [0.3, 0.4) is 0 Å². The molecule has 0 bridgehead atoms. The molecule has 1 N–H and O–H groups in total. The number of amides is 2. The summed E-state index contributed by atoms with van der Waals surface area (Å²) in [5, 5.41) is 3.20. The zero-order chi connectivity index (χ0) is 31.0. The van der Waals surface area contributed by atoms with E-state index in [1.165, 1.54) is 17.9 Å². The Kier molecular flexibility index (Phi) is 11.2. The number of benzene rings is 3. The molecule has 3 aromatic rings. The van der Waals surface area contributed by atoms with Crippen LogP contribution in [0.5, 0.6) is 0 Å². The number of carbonyl (C=O) groups is 3. The predicted octanol–water partition coefficient (Wildman–Crippen LogP) is 5.51. The van der Waals surface area contributed by atoms with Crippen molar-refractivity contribution in [2.75, 3.05) is 17.1 Å². The van der Waals surface area contributed by atoms with E-state index in [4.69, 9.17) is 0 Å². The van der Waals surface area contributed by atoms with E-state index in [1.54, 1.807) is 18.2 Å². The summed E-state index contributed by atoms with van der Waals surface area (Å²) in [6.45, 7) is 0.961. The van der Waals surface area contributed by atoms with Crippen LogP contribution in [0, 0.1) is 0 Å². The molecule has 1 atom stereocenters. The maximum absolute atomic E-state index is 14.3. The summed E-state index contributed by atoms with van der Waals surface area (Å²) in [5.74, 6) is -1.01. The number of anilines is 1. The van der Waals surface area contributed by atoms with Gasteiger partial charge in [-0.2, -0.15) is 0 Å². The molecule has 1 aliphatic carbocycles. The Balaban J connectivity index is 1.73. The van der Waals surface area contributed by atoms with Gasteiger partial charge in [-0.25, -0.2) is 8.42 Å². The largest absolute Gasteiger partial charge is 0.352 e. The second-order valence-electron chi connectivity index (χ2n) is 11.1. The van der Waals surface area contributed by atoms with Gasteiger partial charge >= 0.3 is 0 Å². The Morgan fingerprint density at radius 1 is 0.907 bits per heavy atom. The number of rotatable bonds is 12. The van der Waals surface area contributed by atoms with Crippen LogP contribution in [-0.2, 0) is 32.6 Å². The quantitative estimate of drug-likeness (QED) is 0.257. The summed E-state index contributed by atoms with van der Waals surface area (Å²) in [5.41, 5.74) is 2.21. The lowest BCUT2D eigenvalue weighted by Gasteiger charge is -2.35. The molecule has 0 aliphatic heterocycles. The smallest absolute Gasteiger partial charge is 0.244 e. The molecule has 3 aromatic carbocycles. The Hall–Kier alpha value is -3.50. The predicted molar refractivity (Wildman–Crippen MR) is 172 cm³/mol. The highest BCUT2D eigenvalue weighted by Crippen LogP contribution is 2.23. The van der Waals surface area contributed by atoms with Crippen molar-refractivity contribution in [1.82, 2.24) is 10.2 Å². The molecule has 0 radical (unpaired) electrons. The molecule has 1 fully saturated rings. The van der Waals surface area contributed by atoms with E-state index < -0.39 is 28.5 Å². The van der Waals surface area contributed by atoms with Crippen molar-refractivity contribution >= 4 is 49.2 Å². The van der Waals surface area contributed by atoms with E-state index >= 15 is 0 Å². The monoisotopic (exact) mass is 667 g/mol. The molecular formula is C33H38BrN3O5S. The van der Waals surface area contributed by atoms with Crippen molar-refractivity contribution in [3.63, 3.8) is 0 Å². The van der Waals surface area contributed by atoms with Gasteiger partial charge < -0.3 is 10.2 Å². The minimum Gasteiger partial charge on any atom is -0.352 e. The van der Waals surface area contributed by atoms with Crippen LogP contribution >= 0.6 is 15.9 Å². The highest BCUT2D eigenvalue weighted by molar-refractivity contribution is 9.10. The van der Waals surface area contributed by atoms with Gasteiger partial charge in [0.05, 0.1) is 11.9 Å². The minimum atomic E-state index is -3.93. The fourth-order valence-corrected chi connectivity index (χ4v) is 6.71. The summed E-state index contributed by atoms with van der Waals surface area (Å²) >= 11 is 3.49. The maximum atomic E-state index is 14.3. The van der Waals surface area contributed by atoms with Crippen molar-refractivity contribution in [3.05, 3.63) is 100 Å². The molecule has 43 heavy (non-hydrogen) atoms. The van der Waals surface area contributed by atoms with E-state index in [0.29, 0.717) is 5.56 Å². The van der Waals surface area contributed by atoms with Gasteiger partial charge in [0, 0.05) is 29.0 Å². The Morgan fingerprint density at radius 2 is 1.58 bits per heavy atom. The average Bonchev–Trinajstić information content (AvgIpc) is 2.98. The number of Topliss-reactive ketones (excluding diaryl/α,β-unsaturated/α-hetero) is 1. The van der Waals surface area contributed by atoms with Crippen LogP contribution in [0.4, 0.5) is 5.69 Å². The number of hydrogen-bond acceptors (Lipinski definition) is 5. The topological polar surface area (TPSA) is 104 Å². The number of nitrogens with zero attached hydrogens (tertiary/aromatic N) is 2. The van der Waals surface area contributed by atoms with Crippen molar-refractivity contribution in [2.45, 2.75) is 64.1 Å². The van der Waals surface area contributed by atoms with Gasteiger partial charge in [-0.15, -0.1) is 0 Å². The lowest BCUT2D eigenvalue weighted by atomic mass is 9.94. The van der Waals surface area contributed by atoms with Gasteiger partial charge in [-0.05, 0) is 55.2 Å². The van der Waals surface area contributed by atoms with Gasteiger partial charge in [0.2, 0.25) is 21.8 Å². The SMILES string of the molecule is CC(=O)c1cccc(N(CC(=O)N(Cc2cccc(Br)c2)C(Cc2ccccc2)C(=O)NC2CCCCC2)S(C)(=O)=O)c1. The van der Waals surface area contributed by atoms with E-state index in [1.807, 2.05) is 54.6 Å². The van der Waals surface area contributed by atoms with Crippen LogP contribution in [0.25, 0.3) is 0 Å². The molecule has 1 aliphatic rings. The van der Waals surface area contributed by atoms with Crippen molar-refractivity contribution < 1.29 is 22.8 Å². The molecule has 10 heteroatoms. The van der Waals surface area contributed by atoms with Crippen LogP contribution < -0.4 is 9.62 Å². The molecular weight excluding hydrogens is 630 g/mol. The van der Waals surface area contributed by atoms with Crippen LogP contribution in [-0.4, -0.2) is 55.8 Å². The van der Waals surface area contributed by atoms with Crippen molar-refractivity contribution in [1.29, 1.82) is 0 Å². The first kappa shape index (κ1) is 32.4. The number of carbonyl (C=O) groups excluding carboxylic acids is 3. The first-order valence-corrected chi connectivity index (χ1v) is 17.1. The number of nitrogens with one attached hydrogen (secondary N) is 1. The lowest BCUT2D eigenvalue weighted by molar-refractivity contribution is -0.140. The third kappa shape index (κ3) is 9.24. The molecule has 8 nitrogen and oxygen atoms in total. The normalized spacial score (nSPS) is 14.5. The molecule has 0 spiro atoms. The zero-order valence-corrected chi connectivity index (χ0v) is 26.9. The fourth-order valence-electron chi connectivity index (χ4n) is 5.42. The molecule has 0 heterocycles. The van der Waals surface area contributed by atoms with Crippen LogP contribution in [0.15, 0.2) is 83.3 Å². The first-order valence-electron chi connectivity index (χ1n) is 14.5. The van der Waals surface area contributed by atoms with Crippen LogP contribution in [0.2, 0.25) is 0 Å². The average molecular weight is 669 g/mol. The van der Waals surface area contributed by atoms with Gasteiger partial charge in [0.25, 0.3) is 0 Å². The molecule has 1 saturated carbocycles. The number of sulfonamides is 1. The number of hydrogen-bond donors (Lipinski definition) is 1. The van der Waals surface area contributed by atoms with Crippen molar-refractivity contribution in [3.8, 4) is 0 Å². The van der Waals surface area contributed by atoms with Crippen molar-refractivity contribution in [2.24, 2.45) is 0 Å². The fraction of sp³-hybridized carbons (Fsp3) is 0.364. The third-order valence-electron chi connectivity index (χ3n) is 7.68. The molecule has 0 aromatic heterocycles. The van der Waals surface area contributed by atoms with E-state index in [-0.39, 0.29) is 36.4 Å². The second-order valence-corrected chi connectivity index (χ2v) is 13.9. The van der Waals surface area contributed by atoms with Gasteiger partial charge in [0.1, 0.15) is 12.6 Å². The summed E-state index contributed by atoms with van der Waals surface area (Å²) in [7, 11) is -3.93. The summed E-state index contributed by atoms with van der Waals surface area (Å²) in [6.07, 6.45) is 6.28. The second kappa shape index (κ2) is 14.8. The van der Waals surface area contributed by atoms with Gasteiger partial charge in [0.15, 0.2) is 5.78 Å². The summed E-state index contributed by atoms with van der Waals surface area (Å²) < 4.78 is 27.8. The Morgan fingerprint density at radius 3 is 2.23 bits per heavy atom. The molecule has 0 saturated heterocycles. The Labute approximate surface area is 262 Å². The first-order chi connectivity index (χ1) is 20.5. The van der Waals surface area contributed by atoms with E-state index in [2.05, 4.69) is 21.2 Å². The highest BCUT2D eigenvalue weighted by Gasteiger charge is 2.34. The Bertz CT molecular complexity index is 1540. The number of ketones is 1. The van der Waals surface area contributed by atoms with Gasteiger partial charge in [-0.3, -0.25) is 18.7 Å². The lowest BCUT2D eigenvalue weighted by Crippen LogP contribution is -2.55. The maximum Gasteiger partial charge on any atom is 0.244 e. The minimum absolute atomic E-state index is 0.0317. The number of halogens is 1. The van der Waals surface area contributed by atoms with E-state index in [0.717, 1.165) is 58.3 Å². The summed E-state index contributed by atoms with van der Waals surface area (Å²) in [6, 6.07) is 22.3. The standard InChI is InChI=1S/C33H38BrN3O5S/c1-24(38)27-14-10-18-30(21-27)37(43(2,41)42)23-32(39)36(22-26-13-9-15-28(34)19-26)31(20-25-11-5-3-6-12-25)33(40)35-29-16-7-4-8-17-29/h3,5-6,9-15,18-19,21,29,31H,4,7-8,16-17,20,22-23H2,1-2H3,(H,35,40). The van der Waals surface area contributed by atoms with Gasteiger partial charge in [-0.1, -0.05) is 89.8 Å². The zero-order valence-electron chi connectivity index (χ0n) is 24.5. The molecule has 4 rings (SSSR count).